The highest BCUT2D eigenvalue weighted by atomic mass is 32.1. The number of ether oxygens (including phenoxy) is 1. The van der Waals surface area contributed by atoms with Gasteiger partial charge in [0.15, 0.2) is 0 Å². The summed E-state index contributed by atoms with van der Waals surface area (Å²) in [6, 6.07) is 19.4. The van der Waals surface area contributed by atoms with Crippen LogP contribution < -0.4 is 4.74 Å². The molecule has 1 saturated heterocycles. The number of nitrogens with zero attached hydrogens (tertiary/aromatic N) is 1. The average Bonchev–Trinajstić information content (AvgIpc) is 3.37. The van der Waals surface area contributed by atoms with E-state index < -0.39 is 17.7 Å². The van der Waals surface area contributed by atoms with Gasteiger partial charge in [-0.2, -0.15) is 0 Å². The monoisotopic (exact) mass is 419 g/mol. The SMILES string of the molecule is CCOc1cccc(/C(O)=C2/C(=O)C(=O)N(Cc3cccs3)C2c2ccccc2)c1. The van der Waals surface area contributed by atoms with Crippen molar-refractivity contribution in [2.75, 3.05) is 6.61 Å². The molecule has 1 N–H and O–H groups in total. The molecule has 1 atom stereocenters. The molecule has 5 nitrogen and oxygen atoms in total. The molecule has 0 aliphatic carbocycles. The van der Waals surface area contributed by atoms with Gasteiger partial charge >= 0.3 is 0 Å². The second kappa shape index (κ2) is 8.55. The van der Waals surface area contributed by atoms with Crippen LogP contribution in [0.3, 0.4) is 0 Å². The fourth-order valence-corrected chi connectivity index (χ4v) is 4.35. The number of carbonyl (C=O) groups excluding carboxylic acids is 2. The van der Waals surface area contributed by atoms with Gasteiger partial charge in [-0.15, -0.1) is 11.3 Å². The van der Waals surface area contributed by atoms with Crippen LogP contribution in [-0.4, -0.2) is 28.3 Å². The minimum absolute atomic E-state index is 0.0939. The van der Waals surface area contributed by atoms with E-state index in [9.17, 15) is 14.7 Å². The van der Waals surface area contributed by atoms with Crippen LogP contribution in [0.5, 0.6) is 5.75 Å². The van der Waals surface area contributed by atoms with Crippen molar-refractivity contribution in [1.82, 2.24) is 4.90 Å². The Balaban J connectivity index is 1.84. The molecule has 6 heteroatoms. The minimum atomic E-state index is -0.681. The highest BCUT2D eigenvalue weighted by Crippen LogP contribution is 2.40. The van der Waals surface area contributed by atoms with Crippen LogP contribution in [0.25, 0.3) is 5.76 Å². The molecule has 1 fully saturated rings. The molecule has 0 radical (unpaired) electrons. The summed E-state index contributed by atoms with van der Waals surface area (Å²) in [5.41, 5.74) is 1.31. The lowest BCUT2D eigenvalue weighted by molar-refractivity contribution is -0.140. The van der Waals surface area contributed by atoms with Crippen molar-refractivity contribution in [3.8, 4) is 5.75 Å². The van der Waals surface area contributed by atoms with E-state index in [1.54, 1.807) is 24.3 Å². The molecule has 1 unspecified atom stereocenters. The predicted molar refractivity (Wildman–Crippen MR) is 116 cm³/mol. The van der Waals surface area contributed by atoms with Gasteiger partial charge < -0.3 is 14.7 Å². The van der Waals surface area contributed by atoms with Crippen molar-refractivity contribution < 1.29 is 19.4 Å². The Morgan fingerprint density at radius 2 is 1.87 bits per heavy atom. The number of rotatable bonds is 6. The first-order valence-corrected chi connectivity index (χ1v) is 10.6. The first-order chi connectivity index (χ1) is 14.6. The maximum absolute atomic E-state index is 13.0. The van der Waals surface area contributed by atoms with Crippen molar-refractivity contribution in [3.05, 3.63) is 93.7 Å². The predicted octanol–water partition coefficient (Wildman–Crippen LogP) is 4.77. The number of likely N-dealkylation sites (tertiary alicyclic amines) is 1. The molecule has 1 aliphatic heterocycles. The summed E-state index contributed by atoms with van der Waals surface area (Å²) in [6.07, 6.45) is 0. The molecule has 3 aromatic rings. The van der Waals surface area contributed by atoms with Crippen molar-refractivity contribution in [2.45, 2.75) is 19.5 Å². The van der Waals surface area contributed by atoms with Crippen LogP contribution >= 0.6 is 11.3 Å². The summed E-state index contributed by atoms with van der Waals surface area (Å²) < 4.78 is 5.52. The lowest BCUT2D eigenvalue weighted by atomic mass is 9.95. The smallest absolute Gasteiger partial charge is 0.295 e. The maximum atomic E-state index is 13.0. The van der Waals surface area contributed by atoms with Crippen molar-refractivity contribution in [3.63, 3.8) is 0 Å². The fraction of sp³-hybridized carbons (Fsp3) is 0.167. The first kappa shape index (κ1) is 19.9. The number of Topliss-reactive ketones (excluding diaryl/α,β-unsaturated/α-hetero) is 1. The number of ketones is 1. The molecule has 0 spiro atoms. The van der Waals surface area contributed by atoms with Crippen molar-refractivity contribution in [2.24, 2.45) is 0 Å². The Bertz CT molecular complexity index is 1090. The number of amides is 1. The van der Waals surface area contributed by atoms with Gasteiger partial charge in [0.05, 0.1) is 24.8 Å². The number of hydrogen-bond acceptors (Lipinski definition) is 5. The van der Waals surface area contributed by atoms with Crippen molar-refractivity contribution >= 4 is 28.8 Å². The molecule has 4 rings (SSSR count). The third kappa shape index (κ3) is 3.74. The van der Waals surface area contributed by atoms with E-state index >= 15 is 0 Å². The molecule has 2 aromatic carbocycles. The summed E-state index contributed by atoms with van der Waals surface area (Å²) in [7, 11) is 0. The van der Waals surface area contributed by atoms with Gasteiger partial charge in [0, 0.05) is 10.4 Å². The Kier molecular flexibility index (Phi) is 5.68. The Labute approximate surface area is 178 Å². The van der Waals surface area contributed by atoms with E-state index in [0.29, 0.717) is 24.5 Å². The van der Waals surface area contributed by atoms with Gasteiger partial charge in [-0.3, -0.25) is 9.59 Å². The molecule has 0 bridgehead atoms. The van der Waals surface area contributed by atoms with E-state index in [-0.39, 0.29) is 11.3 Å². The number of benzene rings is 2. The van der Waals surface area contributed by atoms with Crippen LogP contribution in [0.1, 0.15) is 29.0 Å². The third-order valence-corrected chi connectivity index (χ3v) is 5.84. The summed E-state index contributed by atoms with van der Waals surface area (Å²) in [5.74, 6) is -0.900. The second-order valence-electron chi connectivity index (χ2n) is 6.88. The van der Waals surface area contributed by atoms with Crippen molar-refractivity contribution in [1.29, 1.82) is 0 Å². The van der Waals surface area contributed by atoms with Gasteiger partial charge in [-0.05, 0) is 36.1 Å². The molecule has 1 aromatic heterocycles. The normalized spacial score (nSPS) is 18.0. The Morgan fingerprint density at radius 3 is 2.57 bits per heavy atom. The molecule has 152 valence electrons. The summed E-state index contributed by atoms with van der Waals surface area (Å²) in [4.78, 5) is 28.5. The van der Waals surface area contributed by atoms with E-state index in [1.807, 2.05) is 54.8 Å². The molecular formula is C24H21NO4S. The summed E-state index contributed by atoms with van der Waals surface area (Å²) in [6.45, 7) is 2.66. The van der Waals surface area contributed by atoms with E-state index in [1.165, 1.54) is 16.2 Å². The fourth-order valence-electron chi connectivity index (χ4n) is 3.65. The molecule has 0 saturated carbocycles. The standard InChI is InChI=1S/C24H21NO4S/c1-2-29-18-11-6-10-17(14-18)22(26)20-21(16-8-4-3-5-9-16)25(24(28)23(20)27)15-19-12-7-13-30-19/h3-14,21,26H,2,15H2,1H3/b22-20-. The maximum Gasteiger partial charge on any atom is 0.295 e. The number of aliphatic hydroxyl groups excluding tert-OH is 1. The number of hydrogen-bond donors (Lipinski definition) is 1. The molecule has 1 aliphatic rings. The zero-order valence-corrected chi connectivity index (χ0v) is 17.3. The zero-order chi connectivity index (χ0) is 21.1. The Hall–Kier alpha value is -3.38. The highest BCUT2D eigenvalue weighted by molar-refractivity contribution is 7.09. The van der Waals surface area contributed by atoms with Crippen LogP contribution in [0, 0.1) is 0 Å². The van der Waals surface area contributed by atoms with Crippen LogP contribution in [0.4, 0.5) is 0 Å². The van der Waals surface area contributed by atoms with E-state index in [4.69, 9.17) is 4.74 Å². The number of aliphatic hydroxyl groups is 1. The van der Waals surface area contributed by atoms with Crippen LogP contribution in [0.15, 0.2) is 77.7 Å². The average molecular weight is 420 g/mol. The largest absolute Gasteiger partial charge is 0.507 e. The molecular weight excluding hydrogens is 398 g/mol. The van der Waals surface area contributed by atoms with Gasteiger partial charge in [0.1, 0.15) is 11.5 Å². The van der Waals surface area contributed by atoms with E-state index in [2.05, 4.69) is 0 Å². The number of carbonyl (C=O) groups is 2. The molecule has 1 amide bonds. The topological polar surface area (TPSA) is 66.8 Å². The third-order valence-electron chi connectivity index (χ3n) is 4.98. The van der Waals surface area contributed by atoms with Gasteiger partial charge in [0.2, 0.25) is 0 Å². The molecule has 2 heterocycles. The van der Waals surface area contributed by atoms with Gasteiger partial charge in [0.25, 0.3) is 11.7 Å². The number of thiophene rings is 1. The lowest BCUT2D eigenvalue weighted by Gasteiger charge is -2.24. The summed E-state index contributed by atoms with van der Waals surface area (Å²) >= 11 is 1.52. The first-order valence-electron chi connectivity index (χ1n) is 9.69. The zero-order valence-electron chi connectivity index (χ0n) is 16.4. The van der Waals surface area contributed by atoms with Gasteiger partial charge in [-0.1, -0.05) is 48.5 Å². The van der Waals surface area contributed by atoms with Gasteiger partial charge in [-0.25, -0.2) is 0 Å². The second-order valence-corrected chi connectivity index (χ2v) is 7.91. The highest BCUT2D eigenvalue weighted by Gasteiger charge is 2.46. The lowest BCUT2D eigenvalue weighted by Crippen LogP contribution is -2.28. The minimum Gasteiger partial charge on any atom is -0.507 e. The molecule has 30 heavy (non-hydrogen) atoms. The summed E-state index contributed by atoms with van der Waals surface area (Å²) in [5, 5.41) is 13.0. The quantitative estimate of drug-likeness (QED) is 0.355. The van der Waals surface area contributed by atoms with Crippen LogP contribution in [-0.2, 0) is 16.1 Å². The Morgan fingerprint density at radius 1 is 1.07 bits per heavy atom. The van der Waals surface area contributed by atoms with Crippen LogP contribution in [0.2, 0.25) is 0 Å². The van der Waals surface area contributed by atoms with E-state index in [0.717, 1.165) is 10.4 Å².